The molecule has 46 heavy (non-hydrogen) atoms. The minimum Gasteiger partial charge on any atom is -0.456 e. The number of hydrogen-bond donors (Lipinski definition) is 0. The zero-order chi connectivity index (χ0) is 30.6. The van der Waals surface area contributed by atoms with Crippen LogP contribution in [0.1, 0.15) is 5.56 Å². The highest BCUT2D eigenvalue weighted by Gasteiger charge is 2.19. The van der Waals surface area contributed by atoms with Gasteiger partial charge in [-0.05, 0) is 81.4 Å². The van der Waals surface area contributed by atoms with Gasteiger partial charge in [-0.1, -0.05) is 109 Å². The second-order valence-electron chi connectivity index (χ2n) is 11.5. The fraction of sp³-hybridized carbons (Fsp3) is 0. The molecule has 214 valence electrons. The molecule has 0 aliphatic rings. The Bertz CT molecular complexity index is 2670. The Morgan fingerprint density at radius 3 is 1.74 bits per heavy atom. The van der Waals surface area contributed by atoms with Gasteiger partial charge in [-0.15, -0.1) is 0 Å². The van der Waals surface area contributed by atoms with Gasteiger partial charge >= 0.3 is 0 Å². The Balaban J connectivity index is 1.34. The van der Waals surface area contributed by atoms with E-state index in [-0.39, 0.29) is 0 Å². The van der Waals surface area contributed by atoms with Gasteiger partial charge in [0.05, 0.1) is 11.6 Å². The topological polar surface area (TPSA) is 50.1 Å². The Kier molecular flexibility index (Phi) is 5.88. The van der Waals surface area contributed by atoms with E-state index in [0.29, 0.717) is 5.56 Å². The van der Waals surface area contributed by atoms with Crippen LogP contribution in [0, 0.1) is 11.3 Å². The summed E-state index contributed by atoms with van der Waals surface area (Å²) in [4.78, 5) is 0. The van der Waals surface area contributed by atoms with Gasteiger partial charge in [0.25, 0.3) is 0 Å². The van der Waals surface area contributed by atoms with Crippen LogP contribution >= 0.6 is 0 Å². The molecule has 0 radical (unpaired) electrons. The maximum Gasteiger partial charge on any atom is 0.136 e. The predicted octanol–water partition coefficient (Wildman–Crippen LogP) is 12.0. The molecular weight excluding hydrogens is 562 g/mol. The van der Waals surface area contributed by atoms with Crippen molar-refractivity contribution in [2.45, 2.75) is 0 Å². The van der Waals surface area contributed by atoms with E-state index in [1.54, 1.807) is 0 Å². The van der Waals surface area contributed by atoms with E-state index in [1.165, 1.54) is 0 Å². The van der Waals surface area contributed by atoms with Gasteiger partial charge in [0.2, 0.25) is 0 Å². The van der Waals surface area contributed by atoms with Crippen molar-refractivity contribution in [3.05, 3.63) is 157 Å². The molecule has 2 aromatic heterocycles. The second kappa shape index (κ2) is 10.4. The van der Waals surface area contributed by atoms with Crippen molar-refractivity contribution in [2.75, 3.05) is 0 Å². The first-order chi connectivity index (χ1) is 22.8. The highest BCUT2D eigenvalue weighted by Crippen LogP contribution is 2.45. The van der Waals surface area contributed by atoms with Crippen LogP contribution in [0.2, 0.25) is 0 Å². The van der Waals surface area contributed by atoms with Gasteiger partial charge in [0, 0.05) is 27.1 Å². The smallest absolute Gasteiger partial charge is 0.136 e. The summed E-state index contributed by atoms with van der Waals surface area (Å²) in [5, 5.41) is 14.4. The quantitative estimate of drug-likeness (QED) is 0.206. The van der Waals surface area contributed by atoms with Crippen molar-refractivity contribution in [3.63, 3.8) is 0 Å². The summed E-state index contributed by atoms with van der Waals surface area (Å²) in [5.74, 6) is 0. The van der Waals surface area contributed by atoms with Gasteiger partial charge in [0.15, 0.2) is 0 Å². The van der Waals surface area contributed by atoms with Crippen LogP contribution in [0.3, 0.4) is 0 Å². The molecule has 7 aromatic carbocycles. The monoisotopic (exact) mass is 587 g/mol. The van der Waals surface area contributed by atoms with Crippen molar-refractivity contribution >= 4 is 43.9 Å². The lowest BCUT2D eigenvalue weighted by atomic mass is 9.85. The van der Waals surface area contributed by atoms with Crippen LogP contribution < -0.4 is 0 Å². The standard InChI is InChI=1S/C43H25NO2/c44-26-29-10-1-2-11-30(29)31-12-3-4-13-32(31)37-24-27(28-21-23-41-38(25-28)34-14-5-7-17-39(34)45-41)20-22-33(37)35-16-9-19-42-43(35)36-15-6-8-18-40(36)46-42/h1-25H. The highest BCUT2D eigenvalue weighted by molar-refractivity contribution is 6.14. The first kappa shape index (κ1) is 26.1. The molecule has 0 bridgehead atoms. The van der Waals surface area contributed by atoms with Crippen molar-refractivity contribution in [3.8, 4) is 50.6 Å². The van der Waals surface area contributed by atoms with Crippen LogP contribution in [0.5, 0.6) is 0 Å². The summed E-state index contributed by atoms with van der Waals surface area (Å²) in [6.07, 6.45) is 0. The van der Waals surface area contributed by atoms with Crippen LogP contribution in [-0.4, -0.2) is 0 Å². The summed E-state index contributed by atoms with van der Waals surface area (Å²) >= 11 is 0. The molecule has 9 aromatic rings. The minimum absolute atomic E-state index is 0.646. The lowest BCUT2D eigenvalue weighted by Crippen LogP contribution is -1.92. The molecule has 0 atom stereocenters. The average molecular weight is 588 g/mol. The molecule has 0 saturated carbocycles. The zero-order valence-electron chi connectivity index (χ0n) is 24.7. The van der Waals surface area contributed by atoms with E-state index in [1.807, 2.05) is 66.7 Å². The molecule has 0 aliphatic carbocycles. The highest BCUT2D eigenvalue weighted by atomic mass is 16.3. The normalized spacial score (nSPS) is 11.5. The molecule has 0 spiro atoms. The molecule has 0 unspecified atom stereocenters. The van der Waals surface area contributed by atoms with Crippen LogP contribution in [0.25, 0.3) is 88.4 Å². The van der Waals surface area contributed by atoms with Gasteiger partial charge < -0.3 is 8.83 Å². The van der Waals surface area contributed by atoms with E-state index in [4.69, 9.17) is 8.83 Å². The minimum atomic E-state index is 0.646. The molecule has 2 heterocycles. The van der Waals surface area contributed by atoms with Crippen LogP contribution in [0.15, 0.2) is 160 Å². The summed E-state index contributed by atoms with van der Waals surface area (Å²) in [7, 11) is 0. The molecule has 0 aliphatic heterocycles. The molecule has 0 fully saturated rings. The Labute approximate surface area is 265 Å². The number of rotatable bonds is 4. The van der Waals surface area contributed by atoms with E-state index in [9.17, 15) is 5.26 Å². The van der Waals surface area contributed by atoms with E-state index >= 15 is 0 Å². The number of para-hydroxylation sites is 2. The van der Waals surface area contributed by atoms with E-state index in [0.717, 1.165) is 88.4 Å². The summed E-state index contributed by atoms with van der Waals surface area (Å²) in [5.41, 5.74) is 12.6. The van der Waals surface area contributed by atoms with Gasteiger partial charge in [0.1, 0.15) is 22.3 Å². The SMILES string of the molecule is N#Cc1ccccc1-c1ccccc1-c1cc(-c2ccc3oc4ccccc4c3c2)ccc1-c1cccc2oc3ccccc3c12. The van der Waals surface area contributed by atoms with Crippen LogP contribution in [0.4, 0.5) is 0 Å². The van der Waals surface area contributed by atoms with Crippen molar-refractivity contribution in [1.82, 2.24) is 0 Å². The summed E-state index contributed by atoms with van der Waals surface area (Å²) in [6, 6.07) is 54.4. The lowest BCUT2D eigenvalue weighted by molar-refractivity contribution is 0.668. The molecular formula is C43H25NO2. The number of nitriles is 1. The zero-order valence-corrected chi connectivity index (χ0v) is 24.7. The van der Waals surface area contributed by atoms with Crippen molar-refractivity contribution in [2.24, 2.45) is 0 Å². The third kappa shape index (κ3) is 4.05. The molecule has 3 nitrogen and oxygen atoms in total. The number of nitrogens with zero attached hydrogens (tertiary/aromatic N) is 1. The average Bonchev–Trinajstić information content (AvgIpc) is 3.69. The number of benzene rings is 7. The fourth-order valence-corrected chi connectivity index (χ4v) is 6.85. The maximum absolute atomic E-state index is 10.0. The van der Waals surface area contributed by atoms with Crippen LogP contribution in [-0.2, 0) is 0 Å². The molecule has 0 saturated heterocycles. The maximum atomic E-state index is 10.0. The summed E-state index contributed by atoms with van der Waals surface area (Å²) in [6.45, 7) is 0. The van der Waals surface area contributed by atoms with Gasteiger partial charge in [-0.3, -0.25) is 0 Å². The number of furan rings is 2. The van der Waals surface area contributed by atoms with Crippen molar-refractivity contribution in [1.29, 1.82) is 5.26 Å². The van der Waals surface area contributed by atoms with Gasteiger partial charge in [-0.2, -0.15) is 5.26 Å². The Morgan fingerprint density at radius 1 is 0.370 bits per heavy atom. The molecule has 0 N–H and O–H groups in total. The summed E-state index contributed by atoms with van der Waals surface area (Å²) < 4.78 is 12.4. The van der Waals surface area contributed by atoms with E-state index in [2.05, 4.69) is 91.0 Å². The number of fused-ring (bicyclic) bond motifs is 6. The Hall–Kier alpha value is -6.37. The molecule has 3 heteroatoms. The second-order valence-corrected chi connectivity index (χ2v) is 11.5. The molecule has 9 rings (SSSR count). The molecule has 0 amide bonds. The largest absolute Gasteiger partial charge is 0.456 e. The third-order valence-corrected chi connectivity index (χ3v) is 8.98. The number of hydrogen-bond acceptors (Lipinski definition) is 3. The first-order valence-electron chi connectivity index (χ1n) is 15.3. The van der Waals surface area contributed by atoms with E-state index < -0.39 is 0 Å². The first-order valence-corrected chi connectivity index (χ1v) is 15.3. The van der Waals surface area contributed by atoms with Crippen molar-refractivity contribution < 1.29 is 8.83 Å². The fourth-order valence-electron chi connectivity index (χ4n) is 6.85. The third-order valence-electron chi connectivity index (χ3n) is 8.98. The lowest BCUT2D eigenvalue weighted by Gasteiger charge is -2.18. The Morgan fingerprint density at radius 2 is 0.913 bits per heavy atom. The predicted molar refractivity (Wildman–Crippen MR) is 187 cm³/mol. The van der Waals surface area contributed by atoms with Gasteiger partial charge in [-0.25, -0.2) is 0 Å².